The SMILES string of the molecule is O=C(C[NH+]1CCN(S(=O)(=O)c2ccccc2)CC1)NC[C@H]1CCCO1. The van der Waals surface area contributed by atoms with Crippen LogP contribution in [0.25, 0.3) is 0 Å². The van der Waals surface area contributed by atoms with Gasteiger partial charge in [0.25, 0.3) is 5.91 Å². The molecule has 2 N–H and O–H groups in total. The molecule has 7 nitrogen and oxygen atoms in total. The summed E-state index contributed by atoms with van der Waals surface area (Å²) in [6.07, 6.45) is 2.21. The largest absolute Gasteiger partial charge is 0.376 e. The summed E-state index contributed by atoms with van der Waals surface area (Å²) in [5, 5.41) is 2.92. The average molecular weight is 368 g/mol. The molecule has 8 heteroatoms. The number of benzene rings is 1. The van der Waals surface area contributed by atoms with Gasteiger partial charge in [0.1, 0.15) is 0 Å². The Bertz CT molecular complexity index is 666. The van der Waals surface area contributed by atoms with Crippen molar-refractivity contribution in [3.05, 3.63) is 30.3 Å². The number of nitrogens with one attached hydrogen (secondary N) is 2. The normalized spacial score (nSPS) is 22.8. The van der Waals surface area contributed by atoms with Gasteiger partial charge >= 0.3 is 0 Å². The molecule has 1 amide bonds. The van der Waals surface area contributed by atoms with Crippen molar-refractivity contribution >= 4 is 15.9 Å². The molecule has 0 aliphatic carbocycles. The van der Waals surface area contributed by atoms with Crippen LogP contribution in [0.3, 0.4) is 0 Å². The van der Waals surface area contributed by atoms with Gasteiger partial charge in [-0.2, -0.15) is 4.31 Å². The highest BCUT2D eigenvalue weighted by Gasteiger charge is 2.31. The number of hydrogen-bond acceptors (Lipinski definition) is 4. The van der Waals surface area contributed by atoms with E-state index in [4.69, 9.17) is 4.74 Å². The van der Waals surface area contributed by atoms with Gasteiger partial charge in [-0.1, -0.05) is 18.2 Å². The van der Waals surface area contributed by atoms with Gasteiger partial charge in [0.2, 0.25) is 10.0 Å². The molecular weight excluding hydrogens is 342 g/mol. The highest BCUT2D eigenvalue weighted by atomic mass is 32.2. The highest BCUT2D eigenvalue weighted by molar-refractivity contribution is 7.89. The summed E-state index contributed by atoms with van der Waals surface area (Å²) in [4.78, 5) is 13.5. The van der Waals surface area contributed by atoms with E-state index in [2.05, 4.69) is 5.32 Å². The van der Waals surface area contributed by atoms with Crippen LogP contribution >= 0.6 is 0 Å². The molecule has 138 valence electrons. The van der Waals surface area contributed by atoms with Crippen molar-refractivity contribution in [1.29, 1.82) is 0 Å². The van der Waals surface area contributed by atoms with Crippen molar-refractivity contribution in [3.8, 4) is 0 Å². The van der Waals surface area contributed by atoms with Crippen LogP contribution in [-0.2, 0) is 19.6 Å². The monoisotopic (exact) mass is 368 g/mol. The van der Waals surface area contributed by atoms with E-state index >= 15 is 0 Å². The van der Waals surface area contributed by atoms with Gasteiger partial charge in [-0.05, 0) is 25.0 Å². The van der Waals surface area contributed by atoms with E-state index in [-0.39, 0.29) is 12.0 Å². The zero-order valence-electron chi connectivity index (χ0n) is 14.3. The molecule has 1 aromatic carbocycles. The number of piperazine rings is 1. The molecule has 2 aliphatic rings. The smallest absolute Gasteiger partial charge is 0.275 e. The molecule has 2 heterocycles. The first kappa shape index (κ1) is 18.3. The van der Waals surface area contributed by atoms with Crippen molar-refractivity contribution in [1.82, 2.24) is 9.62 Å². The fourth-order valence-corrected chi connectivity index (χ4v) is 4.75. The van der Waals surface area contributed by atoms with Crippen molar-refractivity contribution < 1.29 is 22.8 Å². The van der Waals surface area contributed by atoms with Crippen LogP contribution < -0.4 is 10.2 Å². The van der Waals surface area contributed by atoms with Gasteiger partial charge in [-0.3, -0.25) is 4.79 Å². The van der Waals surface area contributed by atoms with Gasteiger partial charge in [-0.15, -0.1) is 0 Å². The first-order valence-corrected chi connectivity index (χ1v) is 10.3. The molecule has 3 rings (SSSR count). The summed E-state index contributed by atoms with van der Waals surface area (Å²) in [6.45, 7) is 3.88. The van der Waals surface area contributed by atoms with Crippen LogP contribution in [0, 0.1) is 0 Å². The Labute approximate surface area is 149 Å². The molecule has 25 heavy (non-hydrogen) atoms. The van der Waals surface area contributed by atoms with Crippen molar-refractivity contribution in [2.75, 3.05) is 45.9 Å². The van der Waals surface area contributed by atoms with Crippen molar-refractivity contribution in [2.24, 2.45) is 0 Å². The summed E-state index contributed by atoms with van der Waals surface area (Å²) in [5.74, 6) is 0.00451. The first-order valence-electron chi connectivity index (χ1n) is 8.83. The maximum absolute atomic E-state index is 12.6. The van der Waals surface area contributed by atoms with E-state index in [1.165, 1.54) is 4.31 Å². The van der Waals surface area contributed by atoms with Crippen molar-refractivity contribution in [2.45, 2.75) is 23.8 Å². The fraction of sp³-hybridized carbons (Fsp3) is 0.588. The molecule has 2 aliphatic heterocycles. The van der Waals surface area contributed by atoms with E-state index in [0.29, 0.717) is 44.2 Å². The van der Waals surface area contributed by atoms with Crippen LogP contribution in [0.4, 0.5) is 0 Å². The Morgan fingerprint density at radius 2 is 1.96 bits per heavy atom. The molecule has 0 saturated carbocycles. The summed E-state index contributed by atoms with van der Waals surface area (Å²) in [5.41, 5.74) is 0. The zero-order valence-corrected chi connectivity index (χ0v) is 15.1. The molecule has 2 saturated heterocycles. The minimum atomic E-state index is -3.43. The molecule has 1 atom stereocenters. The predicted molar refractivity (Wildman–Crippen MR) is 92.7 cm³/mol. The van der Waals surface area contributed by atoms with Gasteiger partial charge in [0.05, 0.1) is 37.2 Å². The molecule has 0 radical (unpaired) electrons. The van der Waals surface area contributed by atoms with Crippen LogP contribution in [0.15, 0.2) is 35.2 Å². The Kier molecular flexibility index (Phi) is 6.06. The Hall–Kier alpha value is -1.48. The zero-order chi connectivity index (χ0) is 17.7. The lowest BCUT2D eigenvalue weighted by atomic mass is 10.2. The van der Waals surface area contributed by atoms with Crippen LogP contribution in [0.5, 0.6) is 0 Å². The Balaban J connectivity index is 1.44. The summed E-state index contributed by atoms with van der Waals surface area (Å²) < 4.78 is 32.2. The van der Waals surface area contributed by atoms with Gasteiger partial charge in [-0.25, -0.2) is 8.42 Å². The minimum Gasteiger partial charge on any atom is -0.376 e. The second-order valence-corrected chi connectivity index (χ2v) is 8.52. The number of carbonyl (C=O) groups is 1. The third kappa shape index (κ3) is 4.78. The Morgan fingerprint density at radius 1 is 1.24 bits per heavy atom. The van der Waals surface area contributed by atoms with Gasteiger partial charge in [0.15, 0.2) is 6.54 Å². The predicted octanol–water partition coefficient (Wildman–Crippen LogP) is -1.13. The lowest BCUT2D eigenvalue weighted by molar-refractivity contribution is -0.895. The third-order valence-corrected chi connectivity index (χ3v) is 6.68. The van der Waals surface area contributed by atoms with Crippen molar-refractivity contribution in [3.63, 3.8) is 0 Å². The summed E-state index contributed by atoms with van der Waals surface area (Å²) >= 11 is 0. The molecule has 0 spiro atoms. The first-order chi connectivity index (χ1) is 12.1. The standard InChI is InChI=1S/C17H25N3O4S/c21-17(18-13-15-5-4-12-24-15)14-19-8-10-20(11-9-19)25(22,23)16-6-2-1-3-7-16/h1-3,6-7,15H,4-5,8-14H2,(H,18,21)/p+1/t15-/m1/s1. The maximum atomic E-state index is 12.6. The average Bonchev–Trinajstić information content (AvgIpc) is 3.15. The summed E-state index contributed by atoms with van der Waals surface area (Å²) in [7, 11) is -3.43. The van der Waals surface area contributed by atoms with E-state index in [1.807, 2.05) is 0 Å². The number of amides is 1. The summed E-state index contributed by atoms with van der Waals surface area (Å²) in [6, 6.07) is 8.50. The van der Waals surface area contributed by atoms with Crippen LogP contribution in [-0.4, -0.2) is 70.6 Å². The van der Waals surface area contributed by atoms with E-state index in [9.17, 15) is 13.2 Å². The topological polar surface area (TPSA) is 80.2 Å². The van der Waals surface area contributed by atoms with Gasteiger partial charge < -0.3 is 15.0 Å². The number of rotatable bonds is 6. The lowest BCUT2D eigenvalue weighted by Gasteiger charge is -2.31. The third-order valence-electron chi connectivity index (χ3n) is 4.77. The number of ether oxygens (including phenoxy) is 1. The molecule has 2 fully saturated rings. The highest BCUT2D eigenvalue weighted by Crippen LogP contribution is 2.14. The minimum absolute atomic E-state index is 0.00451. The quantitative estimate of drug-likeness (QED) is 0.666. The maximum Gasteiger partial charge on any atom is 0.275 e. The van der Waals surface area contributed by atoms with Crippen LogP contribution in [0.1, 0.15) is 12.8 Å². The van der Waals surface area contributed by atoms with E-state index < -0.39 is 10.0 Å². The molecule has 0 aromatic heterocycles. The number of carbonyl (C=O) groups excluding carboxylic acids is 1. The van der Waals surface area contributed by atoms with E-state index in [1.54, 1.807) is 30.3 Å². The fourth-order valence-electron chi connectivity index (χ4n) is 3.28. The Morgan fingerprint density at radius 3 is 2.60 bits per heavy atom. The second kappa shape index (κ2) is 8.27. The van der Waals surface area contributed by atoms with E-state index in [0.717, 1.165) is 24.3 Å². The molecule has 0 bridgehead atoms. The lowest BCUT2D eigenvalue weighted by Crippen LogP contribution is -3.15. The molecule has 0 unspecified atom stereocenters. The number of sulfonamides is 1. The van der Waals surface area contributed by atoms with Crippen LogP contribution in [0.2, 0.25) is 0 Å². The van der Waals surface area contributed by atoms with Gasteiger partial charge in [0, 0.05) is 13.2 Å². The number of hydrogen-bond donors (Lipinski definition) is 2. The molecule has 1 aromatic rings. The molecular formula is C17H26N3O4S+. The number of quaternary nitrogens is 1. The second-order valence-electron chi connectivity index (χ2n) is 6.58. The number of nitrogens with zero attached hydrogens (tertiary/aromatic N) is 1.